The van der Waals surface area contributed by atoms with Gasteiger partial charge >= 0.3 is 0 Å². The summed E-state index contributed by atoms with van der Waals surface area (Å²) in [4.78, 5) is 17.6. The van der Waals surface area contributed by atoms with Gasteiger partial charge in [0, 0.05) is 0 Å². The number of aryl methyl sites for hydroxylation is 2. The molecule has 0 radical (unpaired) electrons. The third kappa shape index (κ3) is 3.47. The van der Waals surface area contributed by atoms with Crippen molar-refractivity contribution in [3.05, 3.63) is 83.2 Å². The summed E-state index contributed by atoms with van der Waals surface area (Å²) in [6.07, 6.45) is 4.05. The summed E-state index contributed by atoms with van der Waals surface area (Å²) in [6.45, 7) is 0. The molecular weight excluding hydrogens is 324 g/mol. The fraction of sp³-hybridized carbons (Fsp3) is 0.238. The number of amides is 1. The van der Waals surface area contributed by atoms with E-state index in [-0.39, 0.29) is 11.9 Å². The van der Waals surface area contributed by atoms with E-state index in [9.17, 15) is 4.79 Å². The van der Waals surface area contributed by atoms with Crippen LogP contribution in [0.2, 0.25) is 0 Å². The lowest BCUT2D eigenvalue weighted by atomic mass is 9.90. The molecule has 5 heteroatoms. The molecular formula is C21H20N4O. The number of nitrogens with one attached hydrogen (secondary N) is 1. The zero-order valence-corrected chi connectivity index (χ0v) is 14.4. The molecule has 1 aliphatic rings. The van der Waals surface area contributed by atoms with Crippen LogP contribution >= 0.6 is 0 Å². The monoisotopic (exact) mass is 344 g/mol. The molecule has 1 N–H and O–H groups in total. The average Bonchev–Trinajstić information content (AvgIpc) is 2.70. The fourth-order valence-corrected chi connectivity index (χ4v) is 3.38. The van der Waals surface area contributed by atoms with E-state index in [1.54, 1.807) is 0 Å². The molecule has 26 heavy (non-hydrogen) atoms. The van der Waals surface area contributed by atoms with Crippen molar-refractivity contribution >= 4 is 11.9 Å². The van der Waals surface area contributed by atoms with Crippen molar-refractivity contribution in [2.45, 2.75) is 31.6 Å². The Bertz CT molecular complexity index is 857. The Hall–Kier alpha value is -3.08. The van der Waals surface area contributed by atoms with E-state index >= 15 is 0 Å². The van der Waals surface area contributed by atoms with Crippen LogP contribution < -0.4 is 5.32 Å². The number of nitrogens with zero attached hydrogens (tertiary/aromatic N) is 3. The molecule has 1 amide bonds. The molecule has 5 nitrogen and oxygen atoms in total. The Morgan fingerprint density at radius 3 is 2.00 bits per heavy atom. The lowest BCUT2D eigenvalue weighted by Gasteiger charge is -2.18. The summed E-state index contributed by atoms with van der Waals surface area (Å²) < 4.78 is 0. The molecule has 0 bridgehead atoms. The van der Waals surface area contributed by atoms with Crippen molar-refractivity contribution in [1.82, 2.24) is 15.2 Å². The lowest BCUT2D eigenvalue weighted by Crippen LogP contribution is -2.24. The Kier molecular flexibility index (Phi) is 4.69. The van der Waals surface area contributed by atoms with Crippen molar-refractivity contribution in [2.24, 2.45) is 0 Å². The molecule has 2 aromatic carbocycles. The number of hydrogen-bond donors (Lipinski definition) is 1. The van der Waals surface area contributed by atoms with Crippen molar-refractivity contribution in [3.63, 3.8) is 0 Å². The Morgan fingerprint density at radius 1 is 0.808 bits per heavy atom. The minimum Gasteiger partial charge on any atom is -0.292 e. The maximum atomic E-state index is 13.1. The topological polar surface area (TPSA) is 67.8 Å². The molecule has 0 atom stereocenters. The van der Waals surface area contributed by atoms with Gasteiger partial charge in [0.1, 0.15) is 0 Å². The molecule has 1 aromatic heterocycles. The lowest BCUT2D eigenvalue weighted by molar-refractivity contribution is -0.116. The van der Waals surface area contributed by atoms with E-state index < -0.39 is 5.92 Å². The smallest absolute Gasteiger partial charge is 0.249 e. The zero-order valence-electron chi connectivity index (χ0n) is 14.4. The first kappa shape index (κ1) is 16.4. The SMILES string of the molecule is O=C(Nc1nnc2c(n1)CCCC2)C(c1ccccc1)c1ccccc1. The molecule has 0 saturated carbocycles. The van der Waals surface area contributed by atoms with Gasteiger partial charge in [-0.1, -0.05) is 60.7 Å². The Labute approximate surface area is 152 Å². The van der Waals surface area contributed by atoms with Crippen molar-refractivity contribution in [1.29, 1.82) is 0 Å². The molecule has 1 heterocycles. The van der Waals surface area contributed by atoms with Crippen LogP contribution in [0, 0.1) is 0 Å². The number of aromatic nitrogens is 3. The van der Waals surface area contributed by atoms with Gasteiger partial charge in [0.25, 0.3) is 0 Å². The van der Waals surface area contributed by atoms with Crippen LogP contribution in [0.1, 0.15) is 41.3 Å². The minimum atomic E-state index is -0.419. The number of rotatable bonds is 4. The van der Waals surface area contributed by atoms with Crippen LogP contribution in [-0.4, -0.2) is 21.1 Å². The van der Waals surface area contributed by atoms with Crippen LogP contribution in [0.15, 0.2) is 60.7 Å². The van der Waals surface area contributed by atoms with Gasteiger partial charge in [0.05, 0.1) is 17.3 Å². The van der Waals surface area contributed by atoms with E-state index in [1.165, 1.54) is 0 Å². The first-order valence-corrected chi connectivity index (χ1v) is 8.94. The van der Waals surface area contributed by atoms with Crippen LogP contribution in [0.3, 0.4) is 0 Å². The summed E-state index contributed by atoms with van der Waals surface area (Å²) in [5.41, 5.74) is 3.78. The number of carbonyl (C=O) groups excluding carboxylic acids is 1. The zero-order chi connectivity index (χ0) is 17.8. The second-order valence-corrected chi connectivity index (χ2v) is 6.48. The van der Waals surface area contributed by atoms with Gasteiger partial charge in [-0.15, -0.1) is 10.2 Å². The van der Waals surface area contributed by atoms with Gasteiger partial charge in [0.15, 0.2) is 0 Å². The predicted octanol–water partition coefficient (Wildman–Crippen LogP) is 3.52. The molecule has 0 aliphatic heterocycles. The van der Waals surface area contributed by atoms with E-state index in [0.717, 1.165) is 48.2 Å². The first-order chi connectivity index (χ1) is 12.8. The molecule has 130 valence electrons. The van der Waals surface area contributed by atoms with E-state index in [4.69, 9.17) is 0 Å². The number of fused-ring (bicyclic) bond motifs is 1. The maximum absolute atomic E-state index is 13.1. The maximum Gasteiger partial charge on any atom is 0.249 e. The van der Waals surface area contributed by atoms with Crippen molar-refractivity contribution < 1.29 is 4.79 Å². The highest BCUT2D eigenvalue weighted by Crippen LogP contribution is 2.26. The largest absolute Gasteiger partial charge is 0.292 e. The second kappa shape index (κ2) is 7.44. The van der Waals surface area contributed by atoms with Crippen LogP contribution in [0.5, 0.6) is 0 Å². The van der Waals surface area contributed by atoms with E-state index in [0.29, 0.717) is 0 Å². The molecule has 0 fully saturated rings. The standard InChI is InChI=1S/C21H20N4O/c26-20(23-21-22-17-13-7-8-14-18(17)24-25-21)19(15-9-3-1-4-10-15)16-11-5-2-6-12-16/h1-6,9-12,19H,7-8,13-14H2,(H,22,23,25,26). The highest BCUT2D eigenvalue weighted by atomic mass is 16.2. The Balaban J connectivity index is 1.63. The van der Waals surface area contributed by atoms with Crippen LogP contribution in [0.25, 0.3) is 0 Å². The fourth-order valence-electron chi connectivity index (χ4n) is 3.38. The summed E-state index contributed by atoms with van der Waals surface area (Å²) in [6, 6.07) is 19.5. The number of benzene rings is 2. The molecule has 0 unspecified atom stereocenters. The van der Waals surface area contributed by atoms with E-state index in [2.05, 4.69) is 20.5 Å². The summed E-state index contributed by atoms with van der Waals surface area (Å²) >= 11 is 0. The number of anilines is 1. The second-order valence-electron chi connectivity index (χ2n) is 6.48. The summed E-state index contributed by atoms with van der Waals surface area (Å²) in [5.74, 6) is -0.287. The first-order valence-electron chi connectivity index (χ1n) is 8.94. The average molecular weight is 344 g/mol. The highest BCUT2D eigenvalue weighted by Gasteiger charge is 2.24. The van der Waals surface area contributed by atoms with Gasteiger partial charge in [-0.2, -0.15) is 0 Å². The number of hydrogen-bond acceptors (Lipinski definition) is 4. The Morgan fingerprint density at radius 2 is 1.38 bits per heavy atom. The van der Waals surface area contributed by atoms with Crippen LogP contribution in [0.4, 0.5) is 5.95 Å². The molecule has 0 spiro atoms. The van der Waals surface area contributed by atoms with Crippen LogP contribution in [-0.2, 0) is 17.6 Å². The third-order valence-corrected chi connectivity index (χ3v) is 4.68. The molecule has 4 rings (SSSR count). The van der Waals surface area contributed by atoms with Gasteiger partial charge in [0.2, 0.25) is 11.9 Å². The minimum absolute atomic E-state index is 0.153. The molecule has 0 saturated heterocycles. The molecule has 1 aliphatic carbocycles. The van der Waals surface area contributed by atoms with Gasteiger partial charge in [-0.3, -0.25) is 10.1 Å². The quantitative estimate of drug-likeness (QED) is 0.786. The van der Waals surface area contributed by atoms with Crippen molar-refractivity contribution in [3.8, 4) is 0 Å². The van der Waals surface area contributed by atoms with Gasteiger partial charge in [-0.05, 0) is 36.8 Å². The summed E-state index contributed by atoms with van der Waals surface area (Å²) in [5, 5.41) is 11.2. The normalized spacial score (nSPS) is 13.3. The van der Waals surface area contributed by atoms with E-state index in [1.807, 2.05) is 60.7 Å². The molecule has 3 aromatic rings. The third-order valence-electron chi connectivity index (χ3n) is 4.68. The summed E-state index contributed by atoms with van der Waals surface area (Å²) in [7, 11) is 0. The van der Waals surface area contributed by atoms with Gasteiger partial charge < -0.3 is 0 Å². The predicted molar refractivity (Wildman–Crippen MR) is 99.8 cm³/mol. The van der Waals surface area contributed by atoms with Gasteiger partial charge in [-0.25, -0.2) is 4.98 Å². The van der Waals surface area contributed by atoms with Crippen molar-refractivity contribution in [2.75, 3.05) is 5.32 Å². The number of carbonyl (C=O) groups is 1. The highest BCUT2D eigenvalue weighted by molar-refractivity contribution is 5.96.